The van der Waals surface area contributed by atoms with E-state index in [1.54, 1.807) is 6.20 Å². The Bertz CT molecular complexity index is 1190. The Labute approximate surface area is 187 Å². The largest absolute Gasteiger partial charge is 0.349 e. The van der Waals surface area contributed by atoms with Gasteiger partial charge in [0.1, 0.15) is 5.82 Å². The third kappa shape index (κ3) is 4.43. The third-order valence-electron chi connectivity index (χ3n) is 6.02. The van der Waals surface area contributed by atoms with Gasteiger partial charge in [-0.3, -0.25) is 14.2 Å². The van der Waals surface area contributed by atoms with E-state index < -0.39 is 0 Å². The SMILES string of the molecule is O=C(NCCN1CCCCC1)c1nc(-c2ccn(Cc3cccnc3)c2)n2ccccc12. The normalized spacial score (nSPS) is 14.6. The van der Waals surface area contributed by atoms with Crippen molar-refractivity contribution in [3.05, 3.63) is 78.6 Å². The van der Waals surface area contributed by atoms with Crippen LogP contribution in [-0.4, -0.2) is 55.9 Å². The summed E-state index contributed by atoms with van der Waals surface area (Å²) in [6, 6.07) is 11.9. The van der Waals surface area contributed by atoms with Crippen LogP contribution in [0.4, 0.5) is 0 Å². The van der Waals surface area contributed by atoms with Gasteiger partial charge in [-0.1, -0.05) is 18.6 Å². The van der Waals surface area contributed by atoms with E-state index in [0.29, 0.717) is 12.2 Å². The summed E-state index contributed by atoms with van der Waals surface area (Å²) in [4.78, 5) is 24.3. The number of rotatable bonds is 7. The molecule has 4 aromatic rings. The molecule has 4 aromatic heterocycles. The van der Waals surface area contributed by atoms with E-state index in [0.717, 1.165) is 48.6 Å². The Balaban J connectivity index is 1.34. The minimum absolute atomic E-state index is 0.119. The lowest BCUT2D eigenvalue weighted by atomic mass is 10.1. The fraction of sp³-hybridized carbons (Fsp3) is 0.320. The second kappa shape index (κ2) is 9.36. The van der Waals surface area contributed by atoms with Crippen molar-refractivity contribution in [1.82, 2.24) is 29.2 Å². The van der Waals surface area contributed by atoms with E-state index in [2.05, 4.69) is 32.0 Å². The summed E-state index contributed by atoms with van der Waals surface area (Å²) in [5.74, 6) is 0.651. The van der Waals surface area contributed by atoms with E-state index in [9.17, 15) is 4.79 Å². The molecule has 1 aliphatic rings. The van der Waals surface area contributed by atoms with Crippen molar-refractivity contribution in [2.45, 2.75) is 25.8 Å². The number of fused-ring (bicyclic) bond motifs is 1. The molecule has 0 atom stereocenters. The molecule has 5 heterocycles. The molecule has 0 spiro atoms. The van der Waals surface area contributed by atoms with Gasteiger partial charge in [0.25, 0.3) is 5.91 Å². The molecule has 1 aliphatic heterocycles. The predicted octanol–water partition coefficient (Wildman–Crippen LogP) is 3.46. The highest BCUT2D eigenvalue weighted by atomic mass is 16.1. The van der Waals surface area contributed by atoms with Crippen molar-refractivity contribution < 1.29 is 4.79 Å². The zero-order chi connectivity index (χ0) is 21.8. The highest BCUT2D eigenvalue weighted by Gasteiger charge is 2.19. The Morgan fingerprint density at radius 3 is 2.78 bits per heavy atom. The molecule has 164 valence electrons. The molecule has 0 saturated carbocycles. The van der Waals surface area contributed by atoms with Crippen molar-refractivity contribution in [2.24, 2.45) is 0 Å². The maximum atomic E-state index is 13.0. The first-order valence-corrected chi connectivity index (χ1v) is 11.3. The lowest BCUT2D eigenvalue weighted by Crippen LogP contribution is -2.37. The second-order valence-corrected chi connectivity index (χ2v) is 8.33. The number of nitrogens with one attached hydrogen (secondary N) is 1. The van der Waals surface area contributed by atoms with Crippen LogP contribution in [0.2, 0.25) is 0 Å². The first-order chi connectivity index (χ1) is 15.8. The number of hydrogen-bond donors (Lipinski definition) is 1. The van der Waals surface area contributed by atoms with Gasteiger partial charge in [0, 0.05) is 56.2 Å². The van der Waals surface area contributed by atoms with Crippen LogP contribution in [0.15, 0.2) is 67.4 Å². The van der Waals surface area contributed by atoms with Crippen LogP contribution in [0.1, 0.15) is 35.3 Å². The molecule has 0 radical (unpaired) electrons. The minimum Gasteiger partial charge on any atom is -0.349 e. The Morgan fingerprint density at radius 2 is 1.94 bits per heavy atom. The smallest absolute Gasteiger partial charge is 0.272 e. The van der Waals surface area contributed by atoms with E-state index in [-0.39, 0.29) is 5.91 Å². The Kier molecular flexibility index (Phi) is 5.98. The fourth-order valence-electron chi connectivity index (χ4n) is 4.38. The van der Waals surface area contributed by atoms with Crippen LogP contribution >= 0.6 is 0 Å². The summed E-state index contributed by atoms with van der Waals surface area (Å²) in [5, 5.41) is 3.07. The van der Waals surface area contributed by atoms with E-state index in [1.807, 2.05) is 53.3 Å². The molecule has 7 heteroatoms. The zero-order valence-corrected chi connectivity index (χ0v) is 18.2. The van der Waals surface area contributed by atoms with Crippen molar-refractivity contribution in [2.75, 3.05) is 26.2 Å². The summed E-state index contributed by atoms with van der Waals surface area (Å²) >= 11 is 0. The lowest BCUT2D eigenvalue weighted by molar-refractivity contribution is 0.0944. The standard InChI is InChI=1S/C25H28N6O/c32-25(27-11-16-29-12-3-1-4-13-29)23-22-8-2-5-14-31(22)24(28-23)21-9-15-30(19-21)18-20-7-6-10-26-17-20/h2,5-10,14-15,17,19H,1,3-4,11-13,16,18H2,(H,27,32). The van der Waals surface area contributed by atoms with E-state index in [1.165, 1.54) is 19.3 Å². The third-order valence-corrected chi connectivity index (χ3v) is 6.02. The van der Waals surface area contributed by atoms with Crippen molar-refractivity contribution in [3.8, 4) is 11.4 Å². The van der Waals surface area contributed by atoms with Gasteiger partial charge in [0.15, 0.2) is 5.69 Å². The highest BCUT2D eigenvalue weighted by Crippen LogP contribution is 2.23. The first kappa shape index (κ1) is 20.5. The number of likely N-dealkylation sites (tertiary alicyclic amines) is 1. The lowest BCUT2D eigenvalue weighted by Gasteiger charge is -2.26. The van der Waals surface area contributed by atoms with Crippen molar-refractivity contribution >= 4 is 11.4 Å². The fourth-order valence-corrected chi connectivity index (χ4v) is 4.38. The van der Waals surface area contributed by atoms with E-state index >= 15 is 0 Å². The molecule has 7 nitrogen and oxygen atoms in total. The number of amides is 1. The van der Waals surface area contributed by atoms with Crippen LogP contribution in [-0.2, 0) is 6.54 Å². The van der Waals surface area contributed by atoms with Crippen LogP contribution in [0.3, 0.4) is 0 Å². The van der Waals surface area contributed by atoms with Gasteiger partial charge >= 0.3 is 0 Å². The molecule has 0 unspecified atom stereocenters. The molecule has 0 bridgehead atoms. The zero-order valence-electron chi connectivity index (χ0n) is 18.2. The van der Waals surface area contributed by atoms with Gasteiger partial charge in [-0.2, -0.15) is 0 Å². The quantitative estimate of drug-likeness (QED) is 0.490. The van der Waals surface area contributed by atoms with Gasteiger partial charge in [0.2, 0.25) is 0 Å². The number of hydrogen-bond acceptors (Lipinski definition) is 4. The highest BCUT2D eigenvalue weighted by molar-refractivity contribution is 6.00. The predicted molar refractivity (Wildman–Crippen MR) is 125 cm³/mol. The van der Waals surface area contributed by atoms with Gasteiger partial charge in [0.05, 0.1) is 5.52 Å². The molecule has 1 saturated heterocycles. The van der Waals surface area contributed by atoms with Gasteiger partial charge in [-0.15, -0.1) is 0 Å². The van der Waals surface area contributed by atoms with Crippen LogP contribution in [0, 0.1) is 0 Å². The number of aromatic nitrogens is 4. The Hall–Kier alpha value is -3.45. The molecule has 1 amide bonds. The summed E-state index contributed by atoms with van der Waals surface area (Å²) in [6.07, 6.45) is 13.5. The molecule has 32 heavy (non-hydrogen) atoms. The maximum Gasteiger partial charge on any atom is 0.272 e. The van der Waals surface area contributed by atoms with Gasteiger partial charge in [-0.05, 0) is 55.8 Å². The number of piperidine rings is 1. The molecular formula is C25H28N6O. The Morgan fingerprint density at radius 1 is 1.03 bits per heavy atom. The van der Waals surface area contributed by atoms with Gasteiger partial charge < -0.3 is 14.8 Å². The minimum atomic E-state index is -0.119. The van der Waals surface area contributed by atoms with Crippen molar-refractivity contribution in [1.29, 1.82) is 0 Å². The number of nitrogens with zero attached hydrogens (tertiary/aromatic N) is 5. The maximum absolute atomic E-state index is 13.0. The van der Waals surface area contributed by atoms with Crippen LogP contribution < -0.4 is 5.32 Å². The summed E-state index contributed by atoms with van der Waals surface area (Å²) in [7, 11) is 0. The van der Waals surface area contributed by atoms with E-state index in [4.69, 9.17) is 4.98 Å². The summed E-state index contributed by atoms with van der Waals surface area (Å²) < 4.78 is 4.10. The molecule has 0 aliphatic carbocycles. The van der Waals surface area contributed by atoms with Crippen LogP contribution in [0.25, 0.3) is 16.9 Å². The average Bonchev–Trinajstić information content (AvgIpc) is 3.45. The summed E-state index contributed by atoms with van der Waals surface area (Å²) in [6.45, 7) is 4.52. The average molecular weight is 429 g/mol. The van der Waals surface area contributed by atoms with Crippen LogP contribution in [0.5, 0.6) is 0 Å². The van der Waals surface area contributed by atoms with Crippen molar-refractivity contribution in [3.63, 3.8) is 0 Å². The molecule has 1 N–H and O–H groups in total. The number of carbonyl (C=O) groups is 1. The molecule has 5 rings (SSSR count). The molecular weight excluding hydrogens is 400 g/mol. The monoisotopic (exact) mass is 428 g/mol. The number of pyridine rings is 2. The topological polar surface area (TPSA) is 67.5 Å². The molecule has 0 aromatic carbocycles. The second-order valence-electron chi connectivity index (χ2n) is 8.33. The first-order valence-electron chi connectivity index (χ1n) is 11.3. The number of carbonyl (C=O) groups excluding carboxylic acids is 1. The number of imidazole rings is 1. The summed E-state index contributed by atoms with van der Waals surface area (Å²) in [5.41, 5.74) is 3.40. The van der Waals surface area contributed by atoms with Gasteiger partial charge in [-0.25, -0.2) is 4.98 Å². The molecule has 1 fully saturated rings.